The van der Waals surface area contributed by atoms with Crippen LogP contribution in [0.25, 0.3) is 21.5 Å². The summed E-state index contributed by atoms with van der Waals surface area (Å²) in [4.78, 5) is 0. The van der Waals surface area contributed by atoms with E-state index in [1.54, 1.807) is 0 Å². The number of hydrogen-bond donors (Lipinski definition) is 1. The van der Waals surface area contributed by atoms with Crippen LogP contribution >= 0.6 is 0 Å². The van der Waals surface area contributed by atoms with Gasteiger partial charge in [0.2, 0.25) is 0 Å². The number of fused-ring (bicyclic) bond motifs is 3. The first kappa shape index (κ1) is 9.22. The summed E-state index contributed by atoms with van der Waals surface area (Å²) in [5.41, 5.74) is 7.99. The van der Waals surface area contributed by atoms with E-state index in [0.717, 1.165) is 5.69 Å². The lowest BCUT2D eigenvalue weighted by atomic mass is 9.98. The van der Waals surface area contributed by atoms with Gasteiger partial charge in [-0.05, 0) is 46.2 Å². The summed E-state index contributed by atoms with van der Waals surface area (Å²) in [5.74, 6) is 0. The molecule has 0 aliphatic rings. The van der Waals surface area contributed by atoms with Gasteiger partial charge in [0.05, 0.1) is 0 Å². The molecule has 0 atom stereocenters. The van der Waals surface area contributed by atoms with Crippen LogP contribution < -0.4 is 5.73 Å². The Kier molecular flexibility index (Phi) is 1.87. The van der Waals surface area contributed by atoms with Crippen LogP contribution in [0.1, 0.15) is 5.56 Å². The fourth-order valence-corrected chi connectivity index (χ4v) is 2.31. The third-order valence-corrected chi connectivity index (χ3v) is 3.09. The SMILES string of the molecule is Cc1cc2ccc(N)cc2c2ccccc12. The summed E-state index contributed by atoms with van der Waals surface area (Å²) in [6.07, 6.45) is 0. The van der Waals surface area contributed by atoms with E-state index in [1.165, 1.54) is 27.1 Å². The molecule has 0 saturated heterocycles. The van der Waals surface area contributed by atoms with Gasteiger partial charge in [0.25, 0.3) is 0 Å². The molecule has 0 radical (unpaired) electrons. The number of aryl methyl sites for hydroxylation is 1. The molecule has 0 heterocycles. The van der Waals surface area contributed by atoms with Crippen molar-refractivity contribution in [2.24, 2.45) is 0 Å². The van der Waals surface area contributed by atoms with Crippen LogP contribution in [-0.4, -0.2) is 0 Å². The normalized spacial score (nSPS) is 11.1. The Hall–Kier alpha value is -2.02. The number of nitrogen functional groups attached to an aromatic ring is 1. The highest BCUT2D eigenvalue weighted by Crippen LogP contribution is 2.29. The van der Waals surface area contributed by atoms with Crippen molar-refractivity contribution in [3.8, 4) is 0 Å². The van der Waals surface area contributed by atoms with Gasteiger partial charge < -0.3 is 5.73 Å². The minimum atomic E-state index is 0.821. The van der Waals surface area contributed by atoms with Gasteiger partial charge in [-0.25, -0.2) is 0 Å². The first-order valence-electron chi connectivity index (χ1n) is 5.43. The van der Waals surface area contributed by atoms with Crippen LogP contribution in [0.15, 0.2) is 48.5 Å². The van der Waals surface area contributed by atoms with Crippen molar-refractivity contribution in [3.05, 3.63) is 54.1 Å². The summed E-state index contributed by atoms with van der Waals surface area (Å²) in [5, 5.41) is 5.08. The highest BCUT2D eigenvalue weighted by atomic mass is 14.5. The van der Waals surface area contributed by atoms with Crippen molar-refractivity contribution in [2.75, 3.05) is 5.73 Å². The minimum Gasteiger partial charge on any atom is -0.399 e. The Balaban J connectivity index is 2.61. The minimum absolute atomic E-state index is 0.821. The van der Waals surface area contributed by atoms with Crippen LogP contribution in [0.2, 0.25) is 0 Å². The molecule has 0 unspecified atom stereocenters. The lowest BCUT2D eigenvalue weighted by Gasteiger charge is -2.07. The monoisotopic (exact) mass is 207 g/mol. The fraction of sp³-hybridized carbons (Fsp3) is 0.0667. The summed E-state index contributed by atoms with van der Waals surface area (Å²) in [7, 11) is 0. The van der Waals surface area contributed by atoms with Gasteiger partial charge in [0, 0.05) is 5.69 Å². The van der Waals surface area contributed by atoms with E-state index in [4.69, 9.17) is 5.73 Å². The van der Waals surface area contributed by atoms with E-state index in [2.05, 4.69) is 49.4 Å². The molecule has 1 heteroatoms. The molecule has 0 aliphatic carbocycles. The van der Waals surface area contributed by atoms with E-state index in [0.29, 0.717) is 0 Å². The van der Waals surface area contributed by atoms with Gasteiger partial charge in [-0.15, -0.1) is 0 Å². The highest BCUT2D eigenvalue weighted by molar-refractivity contribution is 6.09. The number of benzene rings is 3. The Morgan fingerprint density at radius 2 is 1.56 bits per heavy atom. The van der Waals surface area contributed by atoms with Crippen molar-refractivity contribution < 1.29 is 0 Å². The lowest BCUT2D eigenvalue weighted by molar-refractivity contribution is 1.55. The largest absolute Gasteiger partial charge is 0.399 e. The third-order valence-electron chi connectivity index (χ3n) is 3.09. The second-order valence-electron chi connectivity index (χ2n) is 4.22. The van der Waals surface area contributed by atoms with E-state index < -0.39 is 0 Å². The van der Waals surface area contributed by atoms with Gasteiger partial charge in [-0.1, -0.05) is 36.4 Å². The molecule has 3 aromatic carbocycles. The molecular formula is C15H13N. The molecule has 0 spiro atoms. The highest BCUT2D eigenvalue weighted by Gasteiger charge is 2.03. The Labute approximate surface area is 94.5 Å². The van der Waals surface area contributed by atoms with E-state index in [-0.39, 0.29) is 0 Å². The van der Waals surface area contributed by atoms with Gasteiger partial charge in [0.1, 0.15) is 0 Å². The molecule has 3 aromatic rings. The predicted molar refractivity (Wildman–Crippen MR) is 70.6 cm³/mol. The molecule has 0 saturated carbocycles. The first-order chi connectivity index (χ1) is 7.75. The lowest BCUT2D eigenvalue weighted by Crippen LogP contribution is -1.86. The topological polar surface area (TPSA) is 26.0 Å². The van der Waals surface area contributed by atoms with Crippen molar-refractivity contribution in [1.82, 2.24) is 0 Å². The molecule has 0 bridgehead atoms. The van der Waals surface area contributed by atoms with Crippen LogP contribution in [0.3, 0.4) is 0 Å². The van der Waals surface area contributed by atoms with Gasteiger partial charge in [-0.3, -0.25) is 0 Å². The number of rotatable bonds is 0. The van der Waals surface area contributed by atoms with Gasteiger partial charge in [0.15, 0.2) is 0 Å². The number of anilines is 1. The smallest absolute Gasteiger partial charge is 0.0320 e. The number of nitrogens with two attached hydrogens (primary N) is 1. The average Bonchev–Trinajstić information content (AvgIpc) is 2.31. The first-order valence-corrected chi connectivity index (χ1v) is 5.43. The molecular weight excluding hydrogens is 194 g/mol. The average molecular weight is 207 g/mol. The summed E-state index contributed by atoms with van der Waals surface area (Å²) in [6.45, 7) is 2.15. The Bertz CT molecular complexity index is 683. The molecule has 3 rings (SSSR count). The van der Waals surface area contributed by atoms with Gasteiger partial charge in [-0.2, -0.15) is 0 Å². The molecule has 2 N–H and O–H groups in total. The maximum Gasteiger partial charge on any atom is 0.0320 e. The quantitative estimate of drug-likeness (QED) is 0.439. The van der Waals surface area contributed by atoms with E-state index in [9.17, 15) is 0 Å². The molecule has 1 nitrogen and oxygen atoms in total. The molecule has 0 amide bonds. The van der Waals surface area contributed by atoms with Crippen molar-refractivity contribution in [3.63, 3.8) is 0 Å². The predicted octanol–water partition coefficient (Wildman–Crippen LogP) is 3.88. The third kappa shape index (κ3) is 1.25. The molecule has 0 aliphatic heterocycles. The van der Waals surface area contributed by atoms with Crippen molar-refractivity contribution in [1.29, 1.82) is 0 Å². The Morgan fingerprint density at radius 3 is 2.38 bits per heavy atom. The standard InChI is InChI=1S/C15H13N/c1-10-8-11-6-7-12(16)9-15(11)14-5-3-2-4-13(10)14/h2-9H,16H2,1H3. The summed E-state index contributed by atoms with van der Waals surface area (Å²) >= 11 is 0. The van der Waals surface area contributed by atoms with Crippen LogP contribution in [0.5, 0.6) is 0 Å². The second kappa shape index (κ2) is 3.24. The summed E-state index contributed by atoms with van der Waals surface area (Å²) < 4.78 is 0. The van der Waals surface area contributed by atoms with Gasteiger partial charge >= 0.3 is 0 Å². The maximum absolute atomic E-state index is 5.85. The Morgan fingerprint density at radius 1 is 0.812 bits per heavy atom. The molecule has 0 fully saturated rings. The van der Waals surface area contributed by atoms with E-state index >= 15 is 0 Å². The zero-order valence-electron chi connectivity index (χ0n) is 9.20. The van der Waals surface area contributed by atoms with Crippen LogP contribution in [0.4, 0.5) is 5.69 Å². The molecule has 78 valence electrons. The van der Waals surface area contributed by atoms with Crippen molar-refractivity contribution >= 4 is 27.2 Å². The number of hydrogen-bond acceptors (Lipinski definition) is 1. The second-order valence-corrected chi connectivity index (χ2v) is 4.22. The molecule has 0 aromatic heterocycles. The summed E-state index contributed by atoms with van der Waals surface area (Å²) in [6, 6.07) is 16.8. The zero-order chi connectivity index (χ0) is 11.1. The maximum atomic E-state index is 5.85. The van der Waals surface area contributed by atoms with Crippen molar-refractivity contribution in [2.45, 2.75) is 6.92 Å². The molecule has 16 heavy (non-hydrogen) atoms. The van der Waals surface area contributed by atoms with Crippen LogP contribution in [0, 0.1) is 6.92 Å². The van der Waals surface area contributed by atoms with E-state index in [1.807, 2.05) is 6.07 Å². The zero-order valence-corrected chi connectivity index (χ0v) is 9.20. The van der Waals surface area contributed by atoms with Crippen LogP contribution in [-0.2, 0) is 0 Å². The fourth-order valence-electron chi connectivity index (χ4n) is 2.31.